The minimum atomic E-state index is -3.57. The largest absolute Gasteiger partial charge is 0.356 e. The molecule has 0 saturated carbocycles. The maximum Gasteiger partial charge on any atom is 0.225 e. The molecule has 172 valence electrons. The van der Waals surface area contributed by atoms with Crippen molar-refractivity contribution in [3.8, 4) is 0 Å². The molecular weight excluding hydrogens is 421 g/mol. The molecule has 0 radical (unpaired) electrons. The predicted octanol–water partition coefficient (Wildman–Crippen LogP) is 2.28. The topological polar surface area (TPSA) is 86.8 Å². The Kier molecular flexibility index (Phi) is 8.43. The van der Waals surface area contributed by atoms with Crippen LogP contribution in [-0.2, 0) is 25.4 Å². The van der Waals surface area contributed by atoms with Crippen molar-refractivity contribution in [1.29, 1.82) is 0 Å². The molecule has 0 bridgehead atoms. The van der Waals surface area contributed by atoms with Crippen LogP contribution in [-0.4, -0.2) is 62.2 Å². The molecule has 9 heteroatoms. The molecule has 0 atom stereocenters. The zero-order valence-corrected chi connectivity index (χ0v) is 18.7. The van der Waals surface area contributed by atoms with E-state index in [1.807, 2.05) is 0 Å². The second-order valence-electron chi connectivity index (χ2n) is 8.40. The summed E-state index contributed by atoms with van der Waals surface area (Å²) in [6.45, 7) is 2.30. The third-order valence-electron chi connectivity index (χ3n) is 6.03. The van der Waals surface area contributed by atoms with Gasteiger partial charge in [-0.3, -0.25) is 9.59 Å². The van der Waals surface area contributed by atoms with Crippen LogP contribution in [0.15, 0.2) is 24.3 Å². The number of halogens is 1. The fourth-order valence-corrected chi connectivity index (χ4v) is 5.78. The first kappa shape index (κ1) is 23.7. The van der Waals surface area contributed by atoms with Crippen LogP contribution in [0.4, 0.5) is 4.39 Å². The number of sulfonamides is 1. The highest BCUT2D eigenvalue weighted by Crippen LogP contribution is 2.24. The molecule has 2 amide bonds. The van der Waals surface area contributed by atoms with E-state index in [0.29, 0.717) is 44.5 Å². The highest BCUT2D eigenvalue weighted by molar-refractivity contribution is 7.88. The average molecular weight is 454 g/mol. The van der Waals surface area contributed by atoms with Crippen molar-refractivity contribution in [3.05, 3.63) is 35.6 Å². The third kappa shape index (κ3) is 7.00. The summed E-state index contributed by atoms with van der Waals surface area (Å²) in [7, 11) is -3.57. The summed E-state index contributed by atoms with van der Waals surface area (Å²) in [5.74, 6) is -0.938. The Morgan fingerprint density at radius 2 is 1.81 bits per heavy atom. The number of carbonyl (C=O) groups excluding carboxylic acids is 2. The molecule has 1 N–H and O–H groups in total. The molecule has 2 saturated heterocycles. The summed E-state index contributed by atoms with van der Waals surface area (Å²) in [4.78, 5) is 26.8. The number of nitrogens with zero attached hydrogens (tertiary/aromatic N) is 2. The Balaban J connectivity index is 1.55. The maximum absolute atomic E-state index is 13.4. The van der Waals surface area contributed by atoms with Gasteiger partial charge in [0.1, 0.15) is 5.82 Å². The van der Waals surface area contributed by atoms with Gasteiger partial charge in [-0.25, -0.2) is 17.1 Å². The number of carbonyl (C=O) groups is 2. The molecule has 2 aliphatic rings. The van der Waals surface area contributed by atoms with Crippen LogP contribution in [0.3, 0.4) is 0 Å². The number of rotatable bonds is 4. The van der Waals surface area contributed by atoms with Crippen LogP contribution >= 0.6 is 0 Å². The van der Waals surface area contributed by atoms with E-state index in [-0.39, 0.29) is 36.6 Å². The van der Waals surface area contributed by atoms with Crippen LogP contribution in [0, 0.1) is 11.7 Å². The van der Waals surface area contributed by atoms with Gasteiger partial charge in [0.25, 0.3) is 0 Å². The molecule has 31 heavy (non-hydrogen) atoms. The second-order valence-corrected chi connectivity index (χ2v) is 10.4. The Bertz CT molecular complexity index is 869. The second kappa shape index (κ2) is 11.0. The summed E-state index contributed by atoms with van der Waals surface area (Å²) in [6, 6.07) is 5.62. The molecule has 1 aromatic rings. The van der Waals surface area contributed by atoms with Crippen LogP contribution in [0.25, 0.3) is 0 Å². The average Bonchev–Trinajstić information content (AvgIpc) is 2.79. The number of piperidine rings is 1. The van der Waals surface area contributed by atoms with Crippen molar-refractivity contribution in [2.75, 3.05) is 32.7 Å². The van der Waals surface area contributed by atoms with E-state index in [1.165, 1.54) is 22.5 Å². The van der Waals surface area contributed by atoms with Crippen LogP contribution < -0.4 is 5.32 Å². The smallest absolute Gasteiger partial charge is 0.225 e. The molecule has 1 aromatic carbocycles. The zero-order valence-electron chi connectivity index (χ0n) is 17.9. The Hall–Kier alpha value is -2.00. The molecule has 2 fully saturated rings. The van der Waals surface area contributed by atoms with Crippen molar-refractivity contribution in [2.24, 2.45) is 5.92 Å². The van der Waals surface area contributed by atoms with Crippen molar-refractivity contribution in [1.82, 2.24) is 14.5 Å². The molecule has 0 spiro atoms. The quantitative estimate of drug-likeness (QED) is 0.758. The van der Waals surface area contributed by atoms with Gasteiger partial charge < -0.3 is 10.2 Å². The van der Waals surface area contributed by atoms with Gasteiger partial charge in [0.2, 0.25) is 21.8 Å². The number of benzene rings is 1. The number of hydrogen-bond acceptors (Lipinski definition) is 4. The first-order valence-electron chi connectivity index (χ1n) is 11.1. The van der Waals surface area contributed by atoms with Crippen molar-refractivity contribution in [3.63, 3.8) is 0 Å². The van der Waals surface area contributed by atoms with Gasteiger partial charge in [0.15, 0.2) is 0 Å². The molecule has 0 aromatic heterocycles. The predicted molar refractivity (Wildman–Crippen MR) is 116 cm³/mol. The van der Waals surface area contributed by atoms with Gasteiger partial charge in [-0.05, 0) is 43.4 Å². The van der Waals surface area contributed by atoms with E-state index in [1.54, 1.807) is 11.0 Å². The van der Waals surface area contributed by atoms with Gasteiger partial charge in [-0.1, -0.05) is 25.0 Å². The van der Waals surface area contributed by atoms with Crippen molar-refractivity contribution in [2.45, 2.75) is 50.7 Å². The van der Waals surface area contributed by atoms with E-state index >= 15 is 0 Å². The van der Waals surface area contributed by atoms with E-state index in [4.69, 9.17) is 0 Å². The lowest BCUT2D eigenvalue weighted by molar-refractivity contribution is -0.137. The van der Waals surface area contributed by atoms with Crippen molar-refractivity contribution >= 4 is 21.8 Å². The lowest BCUT2D eigenvalue weighted by atomic mass is 9.96. The molecule has 7 nitrogen and oxygen atoms in total. The van der Waals surface area contributed by atoms with E-state index in [9.17, 15) is 22.4 Å². The van der Waals surface area contributed by atoms with Crippen molar-refractivity contribution < 1.29 is 22.4 Å². The summed E-state index contributed by atoms with van der Waals surface area (Å²) < 4.78 is 40.2. The SMILES string of the molecule is O=C1CCN(C(=O)C2CCN(S(=O)(=O)Cc3cccc(F)c3)CC2)CCCCCCN1. The summed E-state index contributed by atoms with van der Waals surface area (Å²) in [5, 5.41) is 2.89. The Morgan fingerprint density at radius 3 is 2.55 bits per heavy atom. The van der Waals surface area contributed by atoms with E-state index in [0.717, 1.165) is 25.7 Å². The minimum absolute atomic E-state index is 0.0224. The van der Waals surface area contributed by atoms with Gasteiger partial charge in [0, 0.05) is 45.1 Å². The van der Waals surface area contributed by atoms with E-state index < -0.39 is 15.8 Å². The van der Waals surface area contributed by atoms with Crippen LogP contribution in [0.1, 0.15) is 50.5 Å². The fraction of sp³-hybridized carbons (Fsp3) is 0.636. The number of nitrogens with one attached hydrogen (secondary N) is 1. The number of amides is 2. The number of hydrogen-bond donors (Lipinski definition) is 1. The Morgan fingerprint density at radius 1 is 1.06 bits per heavy atom. The highest BCUT2D eigenvalue weighted by Gasteiger charge is 2.33. The lowest BCUT2D eigenvalue weighted by Crippen LogP contribution is -2.45. The van der Waals surface area contributed by atoms with E-state index in [2.05, 4.69) is 5.32 Å². The standard InChI is InChI=1S/C22H32FN3O4S/c23-20-7-5-6-18(16-20)17-31(29,30)26-14-8-19(9-15-26)22(28)25-12-4-2-1-3-11-24-21(27)10-13-25/h5-7,16,19H,1-4,8-15,17H2,(H,24,27). The normalized spacial score (nSPS) is 20.7. The van der Waals surface area contributed by atoms with Crippen LogP contribution in [0.5, 0.6) is 0 Å². The lowest BCUT2D eigenvalue weighted by Gasteiger charge is -2.33. The molecule has 2 heterocycles. The maximum atomic E-state index is 13.4. The van der Waals surface area contributed by atoms with Gasteiger partial charge in [0.05, 0.1) is 5.75 Å². The molecule has 3 rings (SSSR count). The summed E-state index contributed by atoms with van der Waals surface area (Å²) >= 11 is 0. The molecule has 2 aliphatic heterocycles. The summed E-state index contributed by atoms with van der Waals surface area (Å²) in [5.41, 5.74) is 0.417. The molecular formula is C22H32FN3O4S. The fourth-order valence-electron chi connectivity index (χ4n) is 4.23. The van der Waals surface area contributed by atoms with Gasteiger partial charge >= 0.3 is 0 Å². The van der Waals surface area contributed by atoms with Gasteiger partial charge in [-0.15, -0.1) is 0 Å². The summed E-state index contributed by atoms with van der Waals surface area (Å²) in [6.07, 6.45) is 5.16. The monoisotopic (exact) mass is 453 g/mol. The Labute approximate surface area is 184 Å². The molecule has 0 unspecified atom stereocenters. The first-order valence-corrected chi connectivity index (χ1v) is 12.7. The molecule has 0 aliphatic carbocycles. The van der Waals surface area contributed by atoms with Gasteiger partial charge in [-0.2, -0.15) is 0 Å². The third-order valence-corrected chi connectivity index (χ3v) is 7.88. The first-order chi connectivity index (χ1) is 14.8. The van der Waals surface area contributed by atoms with Crippen LogP contribution in [0.2, 0.25) is 0 Å². The zero-order chi connectivity index (χ0) is 22.3. The highest BCUT2D eigenvalue weighted by atomic mass is 32.2. The minimum Gasteiger partial charge on any atom is -0.356 e.